The first-order chi connectivity index (χ1) is 12.0. The molecule has 2 N–H and O–H groups in total. The molecule has 126 valence electrons. The molecule has 0 saturated heterocycles. The highest BCUT2D eigenvalue weighted by molar-refractivity contribution is 6.21. The van der Waals surface area contributed by atoms with Gasteiger partial charge in [0.15, 0.2) is 0 Å². The fourth-order valence-corrected chi connectivity index (χ4v) is 2.30. The normalized spacial score (nSPS) is 12.6. The second-order valence-electron chi connectivity index (χ2n) is 5.11. The molecule has 1 heterocycles. The SMILES string of the molecule is CNC(=O)Nc1cccc(C(=O)ON2C(=O)c3ccccc3C2=O)c1. The van der Waals surface area contributed by atoms with Crippen molar-refractivity contribution in [3.63, 3.8) is 0 Å². The number of hydrogen-bond donors (Lipinski definition) is 2. The van der Waals surface area contributed by atoms with E-state index < -0.39 is 23.8 Å². The van der Waals surface area contributed by atoms with Gasteiger partial charge in [-0.2, -0.15) is 0 Å². The summed E-state index contributed by atoms with van der Waals surface area (Å²) in [6.45, 7) is 0. The van der Waals surface area contributed by atoms with Crippen LogP contribution in [-0.2, 0) is 4.84 Å². The quantitative estimate of drug-likeness (QED) is 0.830. The Morgan fingerprint density at radius 3 is 2.20 bits per heavy atom. The molecule has 0 unspecified atom stereocenters. The standard InChI is InChI=1S/C17H13N3O5/c1-18-17(24)19-11-6-4-5-10(9-11)16(23)25-20-14(21)12-7-2-3-8-13(12)15(20)22/h2-9H,1H3,(H2,18,19,24). The first-order valence-electron chi connectivity index (χ1n) is 7.30. The van der Waals surface area contributed by atoms with Gasteiger partial charge >= 0.3 is 12.0 Å². The predicted molar refractivity (Wildman–Crippen MR) is 86.9 cm³/mol. The van der Waals surface area contributed by atoms with Gasteiger partial charge in [0.1, 0.15) is 0 Å². The second kappa shape index (κ2) is 6.44. The van der Waals surface area contributed by atoms with Crippen LogP contribution in [0.2, 0.25) is 0 Å². The van der Waals surface area contributed by atoms with Crippen molar-refractivity contribution in [2.75, 3.05) is 12.4 Å². The lowest BCUT2D eigenvalue weighted by atomic mass is 10.1. The molecule has 3 rings (SSSR count). The minimum atomic E-state index is -0.893. The predicted octanol–water partition coefficient (Wildman–Crippen LogP) is 1.81. The molecule has 0 atom stereocenters. The van der Waals surface area contributed by atoms with Crippen LogP contribution < -0.4 is 10.6 Å². The highest BCUT2D eigenvalue weighted by Crippen LogP contribution is 2.23. The molecule has 0 fully saturated rings. The number of nitrogens with one attached hydrogen (secondary N) is 2. The van der Waals surface area contributed by atoms with Gasteiger partial charge < -0.3 is 15.5 Å². The summed E-state index contributed by atoms with van der Waals surface area (Å²) in [5, 5.41) is 5.32. The fraction of sp³-hybridized carbons (Fsp3) is 0.0588. The maximum absolute atomic E-state index is 12.3. The lowest BCUT2D eigenvalue weighted by Gasteiger charge is -2.13. The van der Waals surface area contributed by atoms with E-state index in [2.05, 4.69) is 10.6 Å². The van der Waals surface area contributed by atoms with Gasteiger partial charge in [0.25, 0.3) is 11.8 Å². The Morgan fingerprint density at radius 1 is 0.960 bits per heavy atom. The minimum absolute atomic E-state index is 0.0745. The molecular formula is C17H13N3O5. The number of imide groups is 1. The third kappa shape index (κ3) is 3.05. The van der Waals surface area contributed by atoms with Crippen LogP contribution in [-0.4, -0.2) is 35.9 Å². The van der Waals surface area contributed by atoms with Gasteiger partial charge in [0, 0.05) is 12.7 Å². The summed E-state index contributed by atoms with van der Waals surface area (Å²) in [5.41, 5.74) is 0.785. The zero-order chi connectivity index (χ0) is 18.0. The number of carbonyl (C=O) groups is 4. The number of hydrogen-bond acceptors (Lipinski definition) is 5. The summed E-state index contributed by atoms with van der Waals surface area (Å²) in [5.74, 6) is -2.29. The van der Waals surface area contributed by atoms with Crippen molar-refractivity contribution in [1.82, 2.24) is 10.4 Å². The number of urea groups is 1. The number of anilines is 1. The molecule has 1 aliphatic heterocycles. The summed E-state index contributed by atoms with van der Waals surface area (Å²) >= 11 is 0. The van der Waals surface area contributed by atoms with E-state index in [4.69, 9.17) is 4.84 Å². The Morgan fingerprint density at radius 2 is 1.60 bits per heavy atom. The Balaban J connectivity index is 1.77. The number of amides is 4. The number of carbonyl (C=O) groups excluding carboxylic acids is 4. The van der Waals surface area contributed by atoms with E-state index in [0.29, 0.717) is 10.8 Å². The highest BCUT2D eigenvalue weighted by atomic mass is 16.7. The Hall–Kier alpha value is -3.68. The molecule has 4 amide bonds. The first-order valence-corrected chi connectivity index (χ1v) is 7.30. The van der Waals surface area contributed by atoms with Crippen molar-refractivity contribution in [1.29, 1.82) is 0 Å². The van der Waals surface area contributed by atoms with Crippen LogP contribution in [0.5, 0.6) is 0 Å². The molecular weight excluding hydrogens is 326 g/mol. The smallest absolute Gasteiger partial charge is 0.341 e. The van der Waals surface area contributed by atoms with Crippen molar-refractivity contribution < 1.29 is 24.0 Å². The van der Waals surface area contributed by atoms with Gasteiger partial charge in [-0.15, -0.1) is 0 Å². The molecule has 8 heteroatoms. The molecule has 0 bridgehead atoms. The molecule has 0 aromatic heterocycles. The van der Waals surface area contributed by atoms with E-state index in [1.54, 1.807) is 18.2 Å². The molecule has 0 saturated carbocycles. The summed E-state index contributed by atoms with van der Waals surface area (Å²) in [4.78, 5) is 52.9. The number of fused-ring (bicyclic) bond motifs is 1. The second-order valence-corrected chi connectivity index (χ2v) is 5.11. The van der Waals surface area contributed by atoms with Crippen molar-refractivity contribution in [2.45, 2.75) is 0 Å². The largest absolute Gasteiger partial charge is 0.364 e. The van der Waals surface area contributed by atoms with Crippen LogP contribution in [0.3, 0.4) is 0 Å². The van der Waals surface area contributed by atoms with E-state index in [1.807, 2.05) is 0 Å². The fourth-order valence-electron chi connectivity index (χ4n) is 2.30. The number of benzene rings is 2. The molecule has 0 radical (unpaired) electrons. The topological polar surface area (TPSA) is 105 Å². The third-order valence-corrected chi connectivity index (χ3v) is 3.51. The van der Waals surface area contributed by atoms with Crippen LogP contribution in [0.25, 0.3) is 0 Å². The molecule has 0 spiro atoms. The van der Waals surface area contributed by atoms with Gasteiger partial charge in [-0.3, -0.25) is 9.59 Å². The van der Waals surface area contributed by atoms with Gasteiger partial charge in [0.2, 0.25) is 0 Å². The monoisotopic (exact) mass is 339 g/mol. The van der Waals surface area contributed by atoms with Crippen LogP contribution in [0.1, 0.15) is 31.1 Å². The molecule has 2 aromatic carbocycles. The zero-order valence-electron chi connectivity index (χ0n) is 13.1. The van der Waals surface area contributed by atoms with Gasteiger partial charge in [-0.1, -0.05) is 23.3 Å². The summed E-state index contributed by atoms with van der Waals surface area (Å²) < 4.78 is 0. The van der Waals surface area contributed by atoms with E-state index in [9.17, 15) is 19.2 Å². The van der Waals surface area contributed by atoms with Crippen LogP contribution in [0, 0.1) is 0 Å². The highest BCUT2D eigenvalue weighted by Gasteiger charge is 2.38. The molecule has 1 aliphatic rings. The first kappa shape index (κ1) is 16.2. The van der Waals surface area contributed by atoms with E-state index in [-0.39, 0.29) is 16.7 Å². The minimum Gasteiger partial charge on any atom is -0.341 e. The average Bonchev–Trinajstić information content (AvgIpc) is 2.87. The molecule has 25 heavy (non-hydrogen) atoms. The van der Waals surface area contributed by atoms with Gasteiger partial charge in [-0.25, -0.2) is 9.59 Å². The Kier molecular flexibility index (Phi) is 4.17. The van der Waals surface area contributed by atoms with Crippen LogP contribution in [0.15, 0.2) is 48.5 Å². The third-order valence-electron chi connectivity index (χ3n) is 3.51. The van der Waals surface area contributed by atoms with E-state index in [1.165, 1.54) is 37.4 Å². The lowest BCUT2D eigenvalue weighted by Crippen LogP contribution is -2.32. The number of nitrogens with zero attached hydrogens (tertiary/aromatic N) is 1. The summed E-state index contributed by atoms with van der Waals surface area (Å²) in [6, 6.07) is 11.7. The molecule has 2 aromatic rings. The van der Waals surface area contributed by atoms with Crippen molar-refractivity contribution in [2.24, 2.45) is 0 Å². The van der Waals surface area contributed by atoms with Crippen molar-refractivity contribution >= 4 is 29.5 Å². The van der Waals surface area contributed by atoms with E-state index >= 15 is 0 Å². The number of rotatable bonds is 3. The Bertz CT molecular complexity index is 858. The van der Waals surface area contributed by atoms with Crippen LogP contribution in [0.4, 0.5) is 10.5 Å². The maximum atomic E-state index is 12.3. The average molecular weight is 339 g/mol. The maximum Gasteiger partial charge on any atom is 0.364 e. The van der Waals surface area contributed by atoms with E-state index in [0.717, 1.165) is 0 Å². The van der Waals surface area contributed by atoms with Crippen molar-refractivity contribution in [3.05, 3.63) is 65.2 Å². The summed E-state index contributed by atoms with van der Waals surface area (Å²) in [7, 11) is 1.45. The van der Waals surface area contributed by atoms with Crippen molar-refractivity contribution in [3.8, 4) is 0 Å². The van der Waals surface area contributed by atoms with Crippen LogP contribution >= 0.6 is 0 Å². The van der Waals surface area contributed by atoms with Gasteiger partial charge in [0.05, 0.1) is 16.7 Å². The molecule has 8 nitrogen and oxygen atoms in total. The molecule has 0 aliphatic carbocycles. The Labute approximate surface area is 142 Å². The number of hydroxylamine groups is 2. The van der Waals surface area contributed by atoms with Gasteiger partial charge in [-0.05, 0) is 30.3 Å². The lowest BCUT2D eigenvalue weighted by molar-refractivity contribution is -0.0584. The summed E-state index contributed by atoms with van der Waals surface area (Å²) in [6.07, 6.45) is 0. The zero-order valence-corrected chi connectivity index (χ0v) is 13.1.